The fraction of sp³-hybridized carbons (Fsp3) is 0.250. The molecule has 70 valence electrons. The van der Waals surface area contributed by atoms with Crippen LogP contribution < -0.4 is 0 Å². The van der Waals surface area contributed by atoms with Crippen molar-refractivity contribution in [1.29, 1.82) is 0 Å². The van der Waals surface area contributed by atoms with Gasteiger partial charge >= 0.3 is 0 Å². The smallest absolute Gasteiger partial charge is 0.247 e. The fourth-order valence-electron chi connectivity index (χ4n) is 1.05. The van der Waals surface area contributed by atoms with Crippen LogP contribution in [0.3, 0.4) is 0 Å². The molecule has 0 aliphatic rings. The van der Waals surface area contributed by atoms with Gasteiger partial charge in [0.25, 0.3) is 0 Å². The first kappa shape index (κ1) is 10.4. The first-order valence-corrected chi connectivity index (χ1v) is 4.77. The summed E-state index contributed by atoms with van der Waals surface area (Å²) >= 11 is 8.09. The van der Waals surface area contributed by atoms with Gasteiger partial charge in [0.05, 0.1) is 5.75 Å². The van der Waals surface area contributed by atoms with Gasteiger partial charge in [0.1, 0.15) is 0 Å². The van der Waals surface area contributed by atoms with Gasteiger partial charge in [-0.15, -0.1) is 12.6 Å². The van der Waals surface area contributed by atoms with Crippen LogP contribution in [-0.2, 0) is 0 Å². The predicted molar refractivity (Wildman–Crippen MR) is 57.3 cm³/mol. The highest BCUT2D eigenvalue weighted by atomic mass is 32.1. The molecule has 0 saturated heterocycles. The average molecular weight is 215 g/mol. The van der Waals surface area contributed by atoms with E-state index >= 15 is 0 Å². The van der Waals surface area contributed by atoms with E-state index in [1.807, 2.05) is 0 Å². The van der Waals surface area contributed by atoms with Crippen molar-refractivity contribution < 1.29 is 4.92 Å². The zero-order chi connectivity index (χ0) is 9.84. The molecule has 0 heterocycles. The van der Waals surface area contributed by atoms with Crippen LogP contribution in [-0.4, -0.2) is 10.7 Å². The molecule has 0 spiro atoms. The lowest BCUT2D eigenvalue weighted by Gasteiger charge is -2.08. The standard InChI is InChI=1S/C8H9NO2S2/c10-9(11)7(5-12)6-3-1-2-4-8(6)13/h1-4,7,12-13H,5H2. The Morgan fingerprint density at radius 2 is 2.08 bits per heavy atom. The van der Waals surface area contributed by atoms with Crippen LogP contribution in [0.5, 0.6) is 0 Å². The molecule has 0 fully saturated rings. The summed E-state index contributed by atoms with van der Waals surface area (Å²) < 4.78 is 0. The molecule has 0 saturated carbocycles. The van der Waals surface area contributed by atoms with Crippen molar-refractivity contribution in [3.05, 3.63) is 39.9 Å². The zero-order valence-electron chi connectivity index (χ0n) is 6.75. The quantitative estimate of drug-likeness (QED) is 0.461. The summed E-state index contributed by atoms with van der Waals surface area (Å²) in [7, 11) is 0. The molecule has 0 N–H and O–H groups in total. The Labute approximate surface area is 87.1 Å². The lowest BCUT2D eigenvalue weighted by Crippen LogP contribution is -2.12. The van der Waals surface area contributed by atoms with E-state index in [0.717, 1.165) is 0 Å². The number of hydrogen-bond donors (Lipinski definition) is 2. The van der Waals surface area contributed by atoms with Gasteiger partial charge in [-0.25, -0.2) is 0 Å². The van der Waals surface area contributed by atoms with Crippen LogP contribution in [0.4, 0.5) is 0 Å². The van der Waals surface area contributed by atoms with Crippen LogP contribution in [0.1, 0.15) is 11.6 Å². The molecule has 0 aliphatic carbocycles. The van der Waals surface area contributed by atoms with Gasteiger partial charge in [-0.05, 0) is 6.07 Å². The molecule has 13 heavy (non-hydrogen) atoms. The number of nitrogens with zero attached hydrogens (tertiary/aromatic N) is 1. The molecule has 0 aliphatic heterocycles. The molecular formula is C8H9NO2S2. The maximum absolute atomic E-state index is 10.6. The van der Waals surface area contributed by atoms with Crippen molar-refractivity contribution in [3.63, 3.8) is 0 Å². The largest absolute Gasteiger partial charge is 0.264 e. The molecule has 0 amide bonds. The van der Waals surface area contributed by atoms with E-state index in [9.17, 15) is 10.1 Å². The minimum absolute atomic E-state index is 0.185. The van der Waals surface area contributed by atoms with E-state index in [1.54, 1.807) is 24.3 Å². The Morgan fingerprint density at radius 3 is 2.54 bits per heavy atom. The molecule has 1 aromatic rings. The molecule has 5 heteroatoms. The Hall–Kier alpha value is -0.680. The minimum Gasteiger partial charge on any atom is -0.264 e. The second-order valence-corrected chi connectivity index (χ2v) is 3.39. The zero-order valence-corrected chi connectivity index (χ0v) is 8.54. The Balaban J connectivity index is 3.04. The minimum atomic E-state index is -0.767. The van der Waals surface area contributed by atoms with Crippen molar-refractivity contribution in [2.24, 2.45) is 0 Å². The van der Waals surface area contributed by atoms with Gasteiger partial charge in [-0.3, -0.25) is 10.1 Å². The molecule has 1 atom stereocenters. The van der Waals surface area contributed by atoms with Gasteiger partial charge in [0.15, 0.2) is 0 Å². The Bertz CT molecular complexity index is 317. The second kappa shape index (κ2) is 4.53. The molecule has 0 bridgehead atoms. The number of rotatable bonds is 3. The van der Waals surface area contributed by atoms with Crippen LogP contribution in [0.2, 0.25) is 0 Å². The summed E-state index contributed by atoms with van der Waals surface area (Å²) in [5.41, 5.74) is 0.617. The van der Waals surface area contributed by atoms with E-state index in [2.05, 4.69) is 25.3 Å². The molecule has 1 rings (SSSR count). The number of nitro groups is 1. The fourth-order valence-corrected chi connectivity index (χ4v) is 1.69. The molecule has 1 aromatic carbocycles. The summed E-state index contributed by atoms with van der Waals surface area (Å²) in [4.78, 5) is 10.9. The van der Waals surface area contributed by atoms with Crippen LogP contribution in [0.15, 0.2) is 29.2 Å². The highest BCUT2D eigenvalue weighted by Crippen LogP contribution is 2.24. The van der Waals surface area contributed by atoms with Crippen molar-refractivity contribution in [1.82, 2.24) is 0 Å². The molecule has 0 aromatic heterocycles. The number of thiol groups is 2. The summed E-state index contributed by atoms with van der Waals surface area (Å²) in [5.74, 6) is 0.185. The first-order valence-electron chi connectivity index (χ1n) is 3.69. The van der Waals surface area contributed by atoms with E-state index in [0.29, 0.717) is 10.5 Å². The Kier molecular flexibility index (Phi) is 3.62. The summed E-state index contributed by atoms with van der Waals surface area (Å²) in [6.45, 7) is 0. The summed E-state index contributed by atoms with van der Waals surface area (Å²) in [6, 6.07) is 6.22. The number of hydrogen-bond acceptors (Lipinski definition) is 4. The second-order valence-electron chi connectivity index (χ2n) is 2.54. The van der Waals surface area contributed by atoms with Gasteiger partial charge in [-0.2, -0.15) is 12.6 Å². The van der Waals surface area contributed by atoms with Gasteiger partial charge in [-0.1, -0.05) is 18.2 Å². The first-order chi connectivity index (χ1) is 6.16. The van der Waals surface area contributed by atoms with E-state index in [-0.39, 0.29) is 10.7 Å². The Morgan fingerprint density at radius 1 is 1.46 bits per heavy atom. The maximum Gasteiger partial charge on any atom is 0.247 e. The van der Waals surface area contributed by atoms with Gasteiger partial charge in [0.2, 0.25) is 6.04 Å². The maximum atomic E-state index is 10.6. The van der Waals surface area contributed by atoms with Crippen molar-refractivity contribution in [2.45, 2.75) is 10.9 Å². The van der Waals surface area contributed by atoms with E-state index < -0.39 is 6.04 Å². The third-order valence-corrected chi connectivity index (χ3v) is 2.48. The van der Waals surface area contributed by atoms with Crippen molar-refractivity contribution in [3.8, 4) is 0 Å². The van der Waals surface area contributed by atoms with Crippen LogP contribution >= 0.6 is 25.3 Å². The highest BCUT2D eigenvalue weighted by molar-refractivity contribution is 7.80. The molecule has 0 radical (unpaired) electrons. The van der Waals surface area contributed by atoms with Crippen molar-refractivity contribution >= 4 is 25.3 Å². The topological polar surface area (TPSA) is 43.1 Å². The van der Waals surface area contributed by atoms with Gasteiger partial charge < -0.3 is 0 Å². The van der Waals surface area contributed by atoms with Crippen LogP contribution in [0, 0.1) is 10.1 Å². The lowest BCUT2D eigenvalue weighted by atomic mass is 10.1. The monoisotopic (exact) mass is 215 g/mol. The lowest BCUT2D eigenvalue weighted by molar-refractivity contribution is -0.523. The molecular weight excluding hydrogens is 206 g/mol. The molecule has 3 nitrogen and oxygen atoms in total. The number of benzene rings is 1. The normalized spacial score (nSPS) is 12.5. The third-order valence-electron chi connectivity index (χ3n) is 1.72. The summed E-state index contributed by atoms with van der Waals surface area (Å²) in [5, 5.41) is 10.6. The van der Waals surface area contributed by atoms with Crippen molar-refractivity contribution in [2.75, 3.05) is 5.75 Å². The van der Waals surface area contributed by atoms with Gasteiger partial charge in [0, 0.05) is 15.4 Å². The van der Waals surface area contributed by atoms with E-state index in [1.165, 1.54) is 0 Å². The van der Waals surface area contributed by atoms with Crippen LogP contribution in [0.25, 0.3) is 0 Å². The molecule has 1 unspecified atom stereocenters. The third kappa shape index (κ3) is 2.38. The predicted octanol–water partition coefficient (Wildman–Crippen LogP) is 2.22. The SMILES string of the molecule is O=[N+]([O-])C(CS)c1ccccc1S. The summed E-state index contributed by atoms with van der Waals surface area (Å²) in [6.07, 6.45) is 0. The average Bonchev–Trinajstić information content (AvgIpc) is 2.09. The highest BCUT2D eigenvalue weighted by Gasteiger charge is 2.22. The van der Waals surface area contributed by atoms with E-state index in [4.69, 9.17) is 0 Å².